The van der Waals surface area contributed by atoms with Crippen molar-refractivity contribution in [1.82, 2.24) is 9.78 Å². The maximum absolute atomic E-state index is 12.3. The van der Waals surface area contributed by atoms with E-state index in [1.807, 2.05) is 0 Å². The highest BCUT2D eigenvalue weighted by Crippen LogP contribution is 2.31. The van der Waals surface area contributed by atoms with Crippen LogP contribution in [0.1, 0.15) is 12.1 Å². The molecule has 2 rings (SSSR count). The number of ether oxygens (including phenoxy) is 2. The van der Waals surface area contributed by atoms with Crippen molar-refractivity contribution < 1.29 is 23.0 Å². The molecule has 0 aliphatic heterocycles. The molecular weight excluding hydrogens is 344 g/mol. The van der Waals surface area contributed by atoms with Crippen molar-refractivity contribution in [3.05, 3.63) is 35.1 Å². The van der Waals surface area contributed by atoms with Gasteiger partial charge in [-0.3, -0.25) is 9.48 Å². The Bertz CT molecular complexity index is 722. The molecule has 0 saturated heterocycles. The molecule has 24 heavy (non-hydrogen) atoms. The van der Waals surface area contributed by atoms with E-state index in [0.29, 0.717) is 17.3 Å². The van der Waals surface area contributed by atoms with E-state index in [2.05, 4.69) is 15.2 Å². The number of aryl methyl sites for hydroxylation is 1. The summed E-state index contributed by atoms with van der Waals surface area (Å²) in [6.45, 7) is -0.781. The van der Waals surface area contributed by atoms with Crippen LogP contribution in [-0.2, 0) is 11.3 Å². The summed E-state index contributed by atoms with van der Waals surface area (Å²) in [5.74, 6) is -0.263. The lowest BCUT2D eigenvalue weighted by molar-refractivity contribution is -0.116. The van der Waals surface area contributed by atoms with Crippen molar-refractivity contribution >= 4 is 23.2 Å². The first-order chi connectivity index (χ1) is 11.4. The smallest absolute Gasteiger partial charge is 0.387 e. The van der Waals surface area contributed by atoms with Crippen LogP contribution in [0.5, 0.6) is 11.5 Å². The summed E-state index contributed by atoms with van der Waals surface area (Å²) in [4.78, 5) is 12.0. The largest absolute Gasteiger partial charge is 0.493 e. The van der Waals surface area contributed by atoms with Gasteiger partial charge in [0.1, 0.15) is 0 Å². The standard InChI is InChI=1S/C15H16ClF2N3O3/c1-9-11(16)8-19-21(9)6-5-14(22)20-10-3-4-12(24-15(17)18)13(7-10)23-2/h3-4,7-8,15H,5-6H2,1-2H3,(H,20,22). The number of nitrogens with zero attached hydrogens (tertiary/aromatic N) is 2. The highest BCUT2D eigenvalue weighted by molar-refractivity contribution is 6.31. The van der Waals surface area contributed by atoms with E-state index in [-0.39, 0.29) is 23.8 Å². The molecule has 0 atom stereocenters. The summed E-state index contributed by atoms with van der Waals surface area (Å²) in [5.41, 5.74) is 1.19. The number of alkyl halides is 2. The summed E-state index contributed by atoms with van der Waals surface area (Å²) in [7, 11) is 1.32. The Kier molecular flexibility index (Phi) is 5.97. The SMILES string of the molecule is COc1cc(NC(=O)CCn2ncc(Cl)c2C)ccc1OC(F)F. The van der Waals surface area contributed by atoms with E-state index in [4.69, 9.17) is 16.3 Å². The Morgan fingerprint density at radius 3 is 2.75 bits per heavy atom. The molecule has 0 saturated carbocycles. The zero-order valence-electron chi connectivity index (χ0n) is 13.1. The zero-order chi connectivity index (χ0) is 17.7. The minimum Gasteiger partial charge on any atom is -0.493 e. The Hall–Kier alpha value is -2.35. The van der Waals surface area contributed by atoms with Gasteiger partial charge >= 0.3 is 6.61 Å². The van der Waals surface area contributed by atoms with Crippen molar-refractivity contribution in [1.29, 1.82) is 0 Å². The van der Waals surface area contributed by atoms with Gasteiger partial charge in [0.15, 0.2) is 11.5 Å². The number of nitrogens with one attached hydrogen (secondary N) is 1. The molecule has 130 valence electrons. The molecule has 1 amide bonds. The van der Waals surface area contributed by atoms with Crippen LogP contribution in [0.4, 0.5) is 14.5 Å². The summed E-state index contributed by atoms with van der Waals surface area (Å²) in [5, 5.41) is 7.25. The third kappa shape index (κ3) is 4.58. The minimum absolute atomic E-state index is 0.0998. The van der Waals surface area contributed by atoms with Crippen molar-refractivity contribution in [3.63, 3.8) is 0 Å². The highest BCUT2D eigenvalue weighted by Gasteiger charge is 2.12. The second-order valence-corrected chi connectivity index (χ2v) is 5.25. The van der Waals surface area contributed by atoms with Crippen molar-refractivity contribution in [2.45, 2.75) is 26.5 Å². The van der Waals surface area contributed by atoms with E-state index in [1.54, 1.807) is 11.6 Å². The number of halogens is 3. The van der Waals surface area contributed by atoms with Gasteiger partial charge in [0.2, 0.25) is 5.91 Å². The summed E-state index contributed by atoms with van der Waals surface area (Å²) in [6.07, 6.45) is 1.69. The molecule has 1 aromatic carbocycles. The number of anilines is 1. The fraction of sp³-hybridized carbons (Fsp3) is 0.333. The lowest BCUT2D eigenvalue weighted by Crippen LogP contribution is -2.15. The number of carbonyl (C=O) groups is 1. The van der Waals surface area contributed by atoms with E-state index in [9.17, 15) is 13.6 Å². The third-order valence-electron chi connectivity index (χ3n) is 3.26. The first kappa shape index (κ1) is 18.0. The average molecular weight is 360 g/mol. The Balaban J connectivity index is 1.97. The minimum atomic E-state index is -2.96. The normalized spacial score (nSPS) is 10.8. The molecule has 0 spiro atoms. The molecule has 0 bridgehead atoms. The predicted octanol–water partition coefficient (Wildman–Crippen LogP) is 3.48. The molecule has 0 aliphatic carbocycles. The highest BCUT2D eigenvalue weighted by atomic mass is 35.5. The van der Waals surface area contributed by atoms with Gasteiger partial charge in [-0.15, -0.1) is 0 Å². The van der Waals surface area contributed by atoms with E-state index in [1.165, 1.54) is 31.5 Å². The maximum Gasteiger partial charge on any atom is 0.387 e. The van der Waals surface area contributed by atoms with Gasteiger partial charge in [-0.2, -0.15) is 13.9 Å². The van der Waals surface area contributed by atoms with Gasteiger partial charge in [0, 0.05) is 18.2 Å². The molecule has 1 N–H and O–H groups in total. The number of benzene rings is 1. The zero-order valence-corrected chi connectivity index (χ0v) is 13.8. The molecular formula is C15H16ClF2N3O3. The molecule has 2 aromatic rings. The van der Waals surface area contributed by atoms with Crippen LogP contribution in [0.25, 0.3) is 0 Å². The lowest BCUT2D eigenvalue weighted by Gasteiger charge is -2.12. The molecule has 1 heterocycles. The van der Waals surface area contributed by atoms with Gasteiger partial charge in [0.05, 0.1) is 30.6 Å². The fourth-order valence-corrected chi connectivity index (χ4v) is 2.16. The Morgan fingerprint density at radius 2 is 2.17 bits per heavy atom. The Labute approximate surface area is 142 Å². The van der Waals surface area contributed by atoms with Crippen LogP contribution in [0.2, 0.25) is 5.02 Å². The molecule has 1 aromatic heterocycles. The number of carbonyl (C=O) groups excluding carboxylic acids is 1. The monoisotopic (exact) mass is 359 g/mol. The number of amides is 1. The van der Waals surface area contributed by atoms with Gasteiger partial charge < -0.3 is 14.8 Å². The molecule has 0 aliphatic rings. The fourth-order valence-electron chi connectivity index (χ4n) is 2.02. The molecule has 0 radical (unpaired) electrons. The predicted molar refractivity (Wildman–Crippen MR) is 84.8 cm³/mol. The van der Waals surface area contributed by atoms with Crippen molar-refractivity contribution in [2.24, 2.45) is 0 Å². The van der Waals surface area contributed by atoms with E-state index in [0.717, 1.165) is 5.69 Å². The number of aromatic nitrogens is 2. The first-order valence-corrected chi connectivity index (χ1v) is 7.39. The molecule has 0 fully saturated rings. The van der Waals surface area contributed by atoms with Gasteiger partial charge in [-0.1, -0.05) is 11.6 Å². The van der Waals surface area contributed by atoms with Crippen LogP contribution in [0.15, 0.2) is 24.4 Å². The van der Waals surface area contributed by atoms with E-state index >= 15 is 0 Å². The number of hydrogen-bond acceptors (Lipinski definition) is 4. The van der Waals surface area contributed by atoms with Gasteiger partial charge in [-0.25, -0.2) is 0 Å². The number of methoxy groups -OCH3 is 1. The molecule has 6 nitrogen and oxygen atoms in total. The van der Waals surface area contributed by atoms with Crippen LogP contribution in [0, 0.1) is 6.92 Å². The number of hydrogen-bond donors (Lipinski definition) is 1. The first-order valence-electron chi connectivity index (χ1n) is 7.01. The summed E-state index contributed by atoms with van der Waals surface area (Å²) >= 11 is 5.90. The van der Waals surface area contributed by atoms with Crippen LogP contribution in [0.3, 0.4) is 0 Å². The molecule has 9 heteroatoms. The second-order valence-electron chi connectivity index (χ2n) is 4.84. The second kappa shape index (κ2) is 7.96. The topological polar surface area (TPSA) is 65.4 Å². The van der Waals surface area contributed by atoms with Gasteiger partial charge in [0.25, 0.3) is 0 Å². The van der Waals surface area contributed by atoms with Gasteiger partial charge in [-0.05, 0) is 19.1 Å². The average Bonchev–Trinajstić information content (AvgIpc) is 2.85. The summed E-state index contributed by atoms with van der Waals surface area (Å²) in [6, 6.07) is 4.16. The Morgan fingerprint density at radius 1 is 1.42 bits per heavy atom. The number of rotatable bonds is 7. The van der Waals surface area contributed by atoms with Crippen LogP contribution < -0.4 is 14.8 Å². The third-order valence-corrected chi connectivity index (χ3v) is 3.63. The van der Waals surface area contributed by atoms with Crippen molar-refractivity contribution in [3.8, 4) is 11.5 Å². The maximum atomic E-state index is 12.3. The quantitative estimate of drug-likeness (QED) is 0.822. The molecule has 0 unspecified atom stereocenters. The van der Waals surface area contributed by atoms with Crippen LogP contribution >= 0.6 is 11.6 Å². The van der Waals surface area contributed by atoms with Crippen LogP contribution in [-0.4, -0.2) is 29.4 Å². The van der Waals surface area contributed by atoms with E-state index < -0.39 is 6.61 Å². The lowest BCUT2D eigenvalue weighted by atomic mass is 10.2. The van der Waals surface area contributed by atoms with Crippen molar-refractivity contribution in [2.75, 3.05) is 12.4 Å². The summed E-state index contributed by atoms with van der Waals surface area (Å²) < 4.78 is 35.5.